The number of aliphatic carboxylic acids is 1. The van der Waals surface area contributed by atoms with Crippen LogP contribution in [0.2, 0.25) is 0 Å². The average molecular weight is 188 g/mol. The molecule has 0 bridgehead atoms. The maximum Gasteiger partial charge on any atom is 0.326 e. The van der Waals surface area contributed by atoms with Crippen molar-refractivity contribution >= 4 is 11.9 Å². The number of hydrogen-bond donors (Lipinski definition) is 2. The van der Waals surface area contributed by atoms with Crippen molar-refractivity contribution in [1.29, 1.82) is 0 Å². The molecule has 0 aliphatic heterocycles. The van der Waals surface area contributed by atoms with Gasteiger partial charge in [0.25, 0.3) is 0 Å². The zero-order valence-corrected chi connectivity index (χ0v) is 8.04. The Bertz CT molecular complexity index is 206. The molecule has 0 unspecified atom stereocenters. The molecule has 2 N–H and O–H groups in total. The number of hydrogen-bond acceptors (Lipinski definition) is 2. The second-order valence-electron chi connectivity index (χ2n) is 3.34. The molecule has 0 heterocycles. The molecule has 1 amide bonds. The van der Waals surface area contributed by atoms with Crippen molar-refractivity contribution in [1.82, 2.24) is 5.32 Å². The number of carbonyl (C=O) groups excluding carboxylic acids is 1. The summed E-state index contributed by atoms with van der Waals surface area (Å²) in [5.74, 6) is -1.17. The second-order valence-corrected chi connectivity index (χ2v) is 3.34. The van der Waals surface area contributed by atoms with Crippen LogP contribution in [-0.2, 0) is 9.59 Å². The summed E-state index contributed by atoms with van der Waals surface area (Å²) in [4.78, 5) is 21.8. The second kappa shape index (κ2) is 5.56. The Morgan fingerprint density at radius 2 is 2.15 bits per heavy atom. The van der Waals surface area contributed by atoms with Crippen LogP contribution in [0.1, 0.15) is 35.0 Å². The highest BCUT2D eigenvalue weighted by molar-refractivity contribution is 5.83. The van der Waals surface area contributed by atoms with Crippen LogP contribution in [0.15, 0.2) is 0 Å². The quantitative estimate of drug-likeness (QED) is 0.676. The highest BCUT2D eigenvalue weighted by Gasteiger charge is 2.19. The lowest BCUT2D eigenvalue weighted by Crippen LogP contribution is -2.41. The van der Waals surface area contributed by atoms with Crippen molar-refractivity contribution in [2.75, 3.05) is 0 Å². The van der Waals surface area contributed by atoms with Crippen molar-refractivity contribution in [2.45, 2.75) is 39.6 Å². The standard InChI is InChI=1S/C9H17NO3/c1-4-8(11)10-7(9(12)13)5-6(2)3/h6-7H,4-5H2,1-3H3,(H,10,11)(H,12,13)/t7-/m0/s1/i1D. The number of nitrogens with one attached hydrogen (secondary N) is 1. The third-order valence-electron chi connectivity index (χ3n) is 1.57. The van der Waals surface area contributed by atoms with Crippen molar-refractivity contribution in [3.05, 3.63) is 0 Å². The van der Waals surface area contributed by atoms with Crippen LogP contribution >= 0.6 is 0 Å². The monoisotopic (exact) mass is 188 g/mol. The predicted molar refractivity (Wildman–Crippen MR) is 49.3 cm³/mol. The first kappa shape index (κ1) is 10.0. The fourth-order valence-corrected chi connectivity index (χ4v) is 0.959. The number of carboxylic acids is 1. The first-order chi connectivity index (χ1) is 6.47. The van der Waals surface area contributed by atoms with Crippen molar-refractivity contribution < 1.29 is 16.1 Å². The van der Waals surface area contributed by atoms with E-state index in [4.69, 9.17) is 6.48 Å². The topological polar surface area (TPSA) is 66.4 Å². The Kier molecular flexibility index (Phi) is 4.29. The molecule has 4 heteroatoms. The molecule has 0 saturated heterocycles. The van der Waals surface area contributed by atoms with Crippen LogP contribution in [0.25, 0.3) is 0 Å². The van der Waals surface area contributed by atoms with Gasteiger partial charge in [0.15, 0.2) is 0 Å². The fraction of sp³-hybridized carbons (Fsp3) is 0.778. The van der Waals surface area contributed by atoms with E-state index >= 15 is 0 Å². The zero-order chi connectivity index (χ0) is 11.1. The van der Waals surface area contributed by atoms with Crippen LogP contribution in [0.5, 0.6) is 0 Å². The van der Waals surface area contributed by atoms with Crippen LogP contribution in [0.3, 0.4) is 0 Å². The van der Waals surface area contributed by atoms with Gasteiger partial charge >= 0.3 is 5.97 Å². The molecular weight excluding hydrogens is 170 g/mol. The maximum absolute atomic E-state index is 11.0. The fourth-order valence-electron chi connectivity index (χ4n) is 0.959. The molecule has 0 aromatic carbocycles. The van der Waals surface area contributed by atoms with Gasteiger partial charge in [-0.05, 0) is 12.3 Å². The van der Waals surface area contributed by atoms with E-state index < -0.39 is 12.0 Å². The normalized spacial score (nSPS) is 13.6. The molecule has 0 rings (SSSR count). The molecule has 76 valence electrons. The Labute approximate surface area is 79.7 Å². The van der Waals surface area contributed by atoms with E-state index in [0.29, 0.717) is 6.42 Å². The maximum atomic E-state index is 11.0. The molecule has 0 radical (unpaired) electrons. The molecule has 0 aromatic rings. The SMILES string of the molecule is [2H]CCC(=O)N[C@@H](CC(C)C)C(=O)O. The van der Waals surface area contributed by atoms with E-state index in [1.165, 1.54) is 0 Å². The van der Waals surface area contributed by atoms with Crippen LogP contribution < -0.4 is 5.32 Å². The van der Waals surface area contributed by atoms with Gasteiger partial charge in [0, 0.05) is 7.79 Å². The van der Waals surface area contributed by atoms with Crippen molar-refractivity contribution in [2.24, 2.45) is 5.92 Å². The van der Waals surface area contributed by atoms with E-state index in [-0.39, 0.29) is 25.1 Å². The largest absolute Gasteiger partial charge is 0.480 e. The lowest BCUT2D eigenvalue weighted by molar-refractivity contribution is -0.142. The van der Waals surface area contributed by atoms with Gasteiger partial charge in [-0.15, -0.1) is 0 Å². The predicted octanol–water partition coefficient (Wildman–Crippen LogP) is 1.01. The lowest BCUT2D eigenvalue weighted by atomic mass is 10.0. The number of carboxylic acid groups (broad SMARTS) is 1. The van der Waals surface area contributed by atoms with Crippen molar-refractivity contribution in [3.63, 3.8) is 0 Å². The van der Waals surface area contributed by atoms with Gasteiger partial charge < -0.3 is 10.4 Å². The van der Waals surface area contributed by atoms with Gasteiger partial charge in [-0.2, -0.15) is 0 Å². The minimum absolute atomic E-state index is 0.0140. The molecule has 0 aliphatic carbocycles. The molecule has 0 fully saturated rings. The van der Waals surface area contributed by atoms with Crippen LogP contribution in [-0.4, -0.2) is 23.0 Å². The summed E-state index contributed by atoms with van der Waals surface area (Å²) in [6.07, 6.45) is 0.473. The van der Waals surface area contributed by atoms with E-state index in [9.17, 15) is 9.59 Å². The molecule has 0 aromatic heterocycles. The van der Waals surface area contributed by atoms with Crippen LogP contribution in [0.4, 0.5) is 0 Å². The number of carbonyl (C=O) groups is 2. The summed E-state index contributed by atoms with van der Waals surface area (Å²) in [6.45, 7) is 3.78. The first-order valence-electron chi connectivity index (χ1n) is 4.99. The summed E-state index contributed by atoms with van der Waals surface area (Å²) in [5, 5.41) is 11.2. The van der Waals surface area contributed by atoms with Gasteiger partial charge in [0.2, 0.25) is 5.91 Å². The average Bonchev–Trinajstić information content (AvgIpc) is 2.02. The number of amides is 1. The summed E-state index contributed by atoms with van der Waals surface area (Å²) < 4.78 is 6.82. The smallest absolute Gasteiger partial charge is 0.326 e. The molecule has 4 nitrogen and oxygen atoms in total. The third kappa shape index (κ3) is 5.22. The lowest BCUT2D eigenvalue weighted by Gasteiger charge is -2.15. The Hall–Kier alpha value is -1.06. The van der Waals surface area contributed by atoms with E-state index in [1.54, 1.807) is 0 Å². The summed E-state index contributed by atoms with van der Waals surface area (Å²) in [6, 6.07) is -0.825. The van der Waals surface area contributed by atoms with E-state index in [2.05, 4.69) is 5.32 Å². The van der Waals surface area contributed by atoms with Crippen molar-refractivity contribution in [3.8, 4) is 0 Å². The Balaban J connectivity index is 4.09. The van der Waals surface area contributed by atoms with E-state index in [1.807, 2.05) is 13.8 Å². The van der Waals surface area contributed by atoms with Gasteiger partial charge in [0.1, 0.15) is 6.04 Å². The van der Waals surface area contributed by atoms with Gasteiger partial charge in [-0.3, -0.25) is 4.79 Å². The van der Waals surface area contributed by atoms with Gasteiger partial charge in [-0.25, -0.2) is 4.79 Å². The summed E-state index contributed by atoms with van der Waals surface area (Å²) in [7, 11) is 0. The Morgan fingerprint density at radius 3 is 2.54 bits per heavy atom. The highest BCUT2D eigenvalue weighted by Crippen LogP contribution is 2.04. The molecule has 1 atom stereocenters. The van der Waals surface area contributed by atoms with Gasteiger partial charge in [0.05, 0.1) is 0 Å². The molecular formula is C9H17NO3. The minimum atomic E-state index is -1.02. The summed E-state index contributed by atoms with van der Waals surface area (Å²) in [5.41, 5.74) is 0. The first-order valence-corrected chi connectivity index (χ1v) is 4.28. The Morgan fingerprint density at radius 1 is 1.54 bits per heavy atom. The summed E-state index contributed by atoms with van der Waals surface area (Å²) >= 11 is 0. The minimum Gasteiger partial charge on any atom is -0.480 e. The van der Waals surface area contributed by atoms with E-state index in [0.717, 1.165) is 0 Å². The molecule has 13 heavy (non-hydrogen) atoms. The third-order valence-corrected chi connectivity index (χ3v) is 1.57. The molecule has 0 aliphatic rings. The molecule has 0 spiro atoms. The zero-order valence-electron chi connectivity index (χ0n) is 9.04. The highest BCUT2D eigenvalue weighted by atomic mass is 16.4. The van der Waals surface area contributed by atoms with Gasteiger partial charge in [-0.1, -0.05) is 20.7 Å². The number of rotatable bonds is 5. The molecule has 0 saturated carbocycles. The van der Waals surface area contributed by atoms with Crippen LogP contribution in [0, 0.1) is 5.92 Å².